The van der Waals surface area contributed by atoms with Crippen LogP contribution in [-0.4, -0.2) is 12.6 Å². The minimum atomic E-state index is -0.140. The minimum Gasteiger partial charge on any atom is -0.465 e. The molecule has 0 aromatic rings. The third kappa shape index (κ3) is 4.01. The molecule has 0 rings (SSSR count). The Balaban J connectivity index is 3.28. The summed E-state index contributed by atoms with van der Waals surface area (Å²) in [6.07, 6.45) is 0.651. The van der Waals surface area contributed by atoms with E-state index in [1.165, 1.54) is 0 Å². The minimum absolute atomic E-state index is 0.0171. The maximum Gasteiger partial charge on any atom is 0.308 e. The number of carbonyl (C=O) groups is 1. The molecule has 0 amide bonds. The summed E-state index contributed by atoms with van der Waals surface area (Å²) in [5.74, 6) is -0.157. The lowest BCUT2D eigenvalue weighted by atomic mass is 10.2. The molecule has 0 aromatic carbocycles. The van der Waals surface area contributed by atoms with Crippen LogP contribution < -0.4 is 0 Å². The molecule has 0 bridgehead atoms. The Morgan fingerprint density at radius 1 is 1.67 bits per heavy atom. The van der Waals surface area contributed by atoms with Crippen LogP contribution in [0.2, 0.25) is 0 Å². The standard InChI is InChI=1S/C7H13O2/c1-4-5-9-7(8)6(2)3/h6H,1,4-5H2,2-3H3. The van der Waals surface area contributed by atoms with E-state index in [9.17, 15) is 4.79 Å². The topological polar surface area (TPSA) is 26.3 Å². The summed E-state index contributed by atoms with van der Waals surface area (Å²) >= 11 is 0. The van der Waals surface area contributed by atoms with Crippen molar-refractivity contribution in [3.63, 3.8) is 0 Å². The van der Waals surface area contributed by atoms with E-state index < -0.39 is 0 Å². The maximum absolute atomic E-state index is 10.7. The van der Waals surface area contributed by atoms with Crippen molar-refractivity contribution in [1.82, 2.24) is 0 Å². The Morgan fingerprint density at radius 3 is 2.56 bits per heavy atom. The largest absolute Gasteiger partial charge is 0.465 e. The zero-order chi connectivity index (χ0) is 7.28. The average Bonchev–Trinajstić information content (AvgIpc) is 1.82. The Kier molecular flexibility index (Phi) is 4.10. The summed E-state index contributed by atoms with van der Waals surface area (Å²) in [5, 5.41) is 0. The van der Waals surface area contributed by atoms with Crippen LogP contribution >= 0.6 is 0 Å². The second kappa shape index (κ2) is 4.36. The molecule has 0 saturated heterocycles. The van der Waals surface area contributed by atoms with Crippen LogP contribution in [0.1, 0.15) is 20.3 Å². The van der Waals surface area contributed by atoms with Crippen molar-refractivity contribution in [2.45, 2.75) is 20.3 Å². The van der Waals surface area contributed by atoms with Gasteiger partial charge >= 0.3 is 5.97 Å². The van der Waals surface area contributed by atoms with Gasteiger partial charge in [0.15, 0.2) is 0 Å². The first-order chi connectivity index (χ1) is 4.18. The molecule has 0 aliphatic carbocycles. The highest BCUT2D eigenvalue weighted by Gasteiger charge is 2.05. The molecule has 0 saturated carbocycles. The first-order valence-electron chi connectivity index (χ1n) is 3.14. The third-order valence-electron chi connectivity index (χ3n) is 0.860. The molecule has 0 unspecified atom stereocenters. The zero-order valence-corrected chi connectivity index (χ0v) is 6.02. The molecule has 0 fully saturated rings. The van der Waals surface area contributed by atoms with E-state index in [2.05, 4.69) is 6.92 Å². The van der Waals surface area contributed by atoms with Crippen molar-refractivity contribution in [2.75, 3.05) is 6.61 Å². The summed E-state index contributed by atoms with van der Waals surface area (Å²) in [4.78, 5) is 10.7. The summed E-state index contributed by atoms with van der Waals surface area (Å²) < 4.78 is 4.75. The number of hydrogen-bond donors (Lipinski definition) is 0. The highest BCUT2D eigenvalue weighted by atomic mass is 16.5. The molecule has 0 heterocycles. The van der Waals surface area contributed by atoms with E-state index in [1.807, 2.05) is 13.8 Å². The highest BCUT2D eigenvalue weighted by molar-refractivity contribution is 5.71. The van der Waals surface area contributed by atoms with Gasteiger partial charge in [-0.3, -0.25) is 4.79 Å². The van der Waals surface area contributed by atoms with Crippen LogP contribution in [0.25, 0.3) is 0 Å². The molecular formula is C7H13O2. The van der Waals surface area contributed by atoms with Crippen molar-refractivity contribution >= 4 is 5.97 Å². The van der Waals surface area contributed by atoms with Crippen molar-refractivity contribution in [2.24, 2.45) is 5.92 Å². The van der Waals surface area contributed by atoms with E-state index in [0.29, 0.717) is 13.0 Å². The van der Waals surface area contributed by atoms with Gasteiger partial charge in [0.05, 0.1) is 12.5 Å². The van der Waals surface area contributed by atoms with Crippen molar-refractivity contribution < 1.29 is 9.53 Å². The number of hydrogen-bond acceptors (Lipinski definition) is 2. The predicted octanol–water partition coefficient (Wildman–Crippen LogP) is 1.41. The highest BCUT2D eigenvalue weighted by Crippen LogP contribution is 1.95. The molecular weight excluding hydrogens is 116 g/mol. The van der Waals surface area contributed by atoms with Crippen LogP contribution in [-0.2, 0) is 9.53 Å². The third-order valence-corrected chi connectivity index (χ3v) is 0.860. The lowest BCUT2D eigenvalue weighted by Crippen LogP contribution is -2.11. The molecule has 0 aliphatic rings. The molecule has 53 valence electrons. The Labute approximate surface area is 56.2 Å². The van der Waals surface area contributed by atoms with Crippen LogP contribution in [0.5, 0.6) is 0 Å². The lowest BCUT2D eigenvalue weighted by molar-refractivity contribution is -0.147. The second-order valence-corrected chi connectivity index (χ2v) is 2.18. The predicted molar refractivity (Wildman–Crippen MR) is 35.8 cm³/mol. The molecule has 9 heavy (non-hydrogen) atoms. The van der Waals surface area contributed by atoms with E-state index in [1.54, 1.807) is 0 Å². The van der Waals surface area contributed by atoms with Crippen LogP contribution in [0.4, 0.5) is 0 Å². The fourth-order valence-electron chi connectivity index (χ4n) is 0.339. The smallest absolute Gasteiger partial charge is 0.308 e. The number of ether oxygens (including phenoxy) is 1. The Bertz CT molecular complexity index is 86.9. The van der Waals surface area contributed by atoms with E-state index in [-0.39, 0.29) is 11.9 Å². The van der Waals surface area contributed by atoms with Crippen LogP contribution in [0, 0.1) is 12.8 Å². The van der Waals surface area contributed by atoms with Gasteiger partial charge in [-0.15, -0.1) is 0 Å². The van der Waals surface area contributed by atoms with Crippen molar-refractivity contribution in [3.8, 4) is 0 Å². The van der Waals surface area contributed by atoms with Gasteiger partial charge in [-0.1, -0.05) is 13.8 Å². The van der Waals surface area contributed by atoms with Gasteiger partial charge in [0.25, 0.3) is 0 Å². The molecule has 1 radical (unpaired) electrons. The summed E-state index contributed by atoms with van der Waals surface area (Å²) in [6.45, 7) is 7.60. The Hall–Kier alpha value is -0.530. The molecule has 0 spiro atoms. The molecule has 0 aromatic heterocycles. The fourth-order valence-corrected chi connectivity index (χ4v) is 0.339. The molecule has 2 heteroatoms. The van der Waals surface area contributed by atoms with Gasteiger partial charge in [-0.05, 0) is 13.3 Å². The van der Waals surface area contributed by atoms with Gasteiger partial charge < -0.3 is 4.74 Å². The normalized spacial score (nSPS) is 9.78. The monoisotopic (exact) mass is 129 g/mol. The van der Waals surface area contributed by atoms with Crippen molar-refractivity contribution in [1.29, 1.82) is 0 Å². The number of rotatable bonds is 3. The Morgan fingerprint density at radius 2 is 2.22 bits per heavy atom. The first kappa shape index (κ1) is 8.47. The molecule has 0 aliphatic heterocycles. The first-order valence-corrected chi connectivity index (χ1v) is 3.14. The van der Waals surface area contributed by atoms with Gasteiger partial charge in [-0.2, -0.15) is 0 Å². The molecule has 2 nitrogen and oxygen atoms in total. The molecule has 0 N–H and O–H groups in total. The zero-order valence-electron chi connectivity index (χ0n) is 6.02. The SMILES string of the molecule is [CH2]CCOC(=O)C(C)C. The number of carbonyl (C=O) groups excluding carboxylic acids is 1. The van der Waals surface area contributed by atoms with Crippen LogP contribution in [0.3, 0.4) is 0 Å². The number of esters is 1. The summed E-state index contributed by atoms with van der Waals surface area (Å²) in [5.41, 5.74) is 0. The quantitative estimate of drug-likeness (QED) is 0.538. The van der Waals surface area contributed by atoms with E-state index >= 15 is 0 Å². The van der Waals surface area contributed by atoms with E-state index in [0.717, 1.165) is 0 Å². The molecule has 0 atom stereocenters. The van der Waals surface area contributed by atoms with Crippen LogP contribution in [0.15, 0.2) is 0 Å². The average molecular weight is 129 g/mol. The van der Waals surface area contributed by atoms with Gasteiger partial charge in [0.2, 0.25) is 0 Å². The summed E-state index contributed by atoms with van der Waals surface area (Å²) in [6, 6.07) is 0. The second-order valence-electron chi connectivity index (χ2n) is 2.18. The van der Waals surface area contributed by atoms with Gasteiger partial charge in [0.1, 0.15) is 0 Å². The maximum atomic E-state index is 10.7. The van der Waals surface area contributed by atoms with Crippen molar-refractivity contribution in [3.05, 3.63) is 6.92 Å². The fraction of sp³-hybridized carbons (Fsp3) is 0.714. The van der Waals surface area contributed by atoms with Gasteiger partial charge in [0, 0.05) is 0 Å². The van der Waals surface area contributed by atoms with E-state index in [4.69, 9.17) is 4.74 Å². The summed E-state index contributed by atoms with van der Waals surface area (Å²) in [7, 11) is 0. The van der Waals surface area contributed by atoms with Gasteiger partial charge in [-0.25, -0.2) is 0 Å². The lowest BCUT2D eigenvalue weighted by Gasteiger charge is -2.03.